The van der Waals surface area contributed by atoms with Crippen LogP contribution in [0.1, 0.15) is 31.9 Å². The number of anilines is 1. The van der Waals surface area contributed by atoms with Gasteiger partial charge in [0.2, 0.25) is 0 Å². The predicted octanol–water partition coefficient (Wildman–Crippen LogP) is 4.20. The summed E-state index contributed by atoms with van der Waals surface area (Å²) in [6.45, 7) is 10.1. The van der Waals surface area contributed by atoms with Crippen LogP contribution in [0.25, 0.3) is 0 Å². The van der Waals surface area contributed by atoms with E-state index in [2.05, 4.69) is 55.3 Å². The molecule has 2 aromatic rings. The van der Waals surface area contributed by atoms with E-state index in [1.165, 1.54) is 17.3 Å². The Morgan fingerprint density at radius 1 is 1.00 bits per heavy atom. The zero-order valence-electron chi connectivity index (χ0n) is 17.0. The summed E-state index contributed by atoms with van der Waals surface area (Å²) in [5, 5.41) is 2.92. The van der Waals surface area contributed by atoms with Gasteiger partial charge in [-0.3, -0.25) is 0 Å². The second-order valence-corrected chi connectivity index (χ2v) is 8.31. The van der Waals surface area contributed by atoms with Gasteiger partial charge in [-0.05, 0) is 35.1 Å². The fourth-order valence-corrected chi connectivity index (χ4v) is 3.65. The molecule has 0 unspecified atom stereocenters. The summed E-state index contributed by atoms with van der Waals surface area (Å²) < 4.78 is 13.7. The summed E-state index contributed by atoms with van der Waals surface area (Å²) in [6.07, 6.45) is 0.497. The van der Waals surface area contributed by atoms with Gasteiger partial charge < -0.3 is 15.1 Å². The number of nitrogens with zero attached hydrogens (tertiary/aromatic N) is 2. The van der Waals surface area contributed by atoms with Gasteiger partial charge in [0.15, 0.2) is 0 Å². The number of urea groups is 1. The first-order valence-electron chi connectivity index (χ1n) is 9.97. The summed E-state index contributed by atoms with van der Waals surface area (Å²) in [5.74, 6) is -0.220. The van der Waals surface area contributed by atoms with Crippen LogP contribution in [0.4, 0.5) is 14.9 Å². The zero-order chi connectivity index (χ0) is 20.1. The molecule has 0 saturated carbocycles. The van der Waals surface area contributed by atoms with Crippen molar-refractivity contribution in [3.8, 4) is 0 Å². The summed E-state index contributed by atoms with van der Waals surface area (Å²) in [6, 6.07) is 15.2. The molecule has 0 aliphatic carbocycles. The van der Waals surface area contributed by atoms with Crippen molar-refractivity contribution < 1.29 is 9.18 Å². The van der Waals surface area contributed by atoms with E-state index in [1.807, 2.05) is 11.0 Å². The van der Waals surface area contributed by atoms with E-state index in [0.717, 1.165) is 13.1 Å². The molecule has 1 fully saturated rings. The van der Waals surface area contributed by atoms with Crippen molar-refractivity contribution in [2.75, 3.05) is 37.6 Å². The second-order valence-electron chi connectivity index (χ2n) is 8.31. The van der Waals surface area contributed by atoms with E-state index in [-0.39, 0.29) is 17.3 Å². The number of nitrogens with one attached hydrogen (secondary N) is 1. The van der Waals surface area contributed by atoms with Crippen LogP contribution in [-0.4, -0.2) is 43.7 Å². The molecule has 1 N–H and O–H groups in total. The molecule has 28 heavy (non-hydrogen) atoms. The molecule has 0 bridgehead atoms. The molecule has 2 aromatic carbocycles. The van der Waals surface area contributed by atoms with Crippen molar-refractivity contribution >= 4 is 11.7 Å². The normalized spacial score (nSPS) is 14.9. The van der Waals surface area contributed by atoms with Crippen LogP contribution in [0, 0.1) is 5.82 Å². The lowest BCUT2D eigenvalue weighted by atomic mass is 9.85. The van der Waals surface area contributed by atoms with Gasteiger partial charge in [-0.1, -0.05) is 57.2 Å². The Morgan fingerprint density at radius 3 is 2.32 bits per heavy atom. The summed E-state index contributed by atoms with van der Waals surface area (Å²) in [7, 11) is 0. The van der Waals surface area contributed by atoms with Crippen LogP contribution < -0.4 is 10.2 Å². The van der Waals surface area contributed by atoms with Gasteiger partial charge in [-0.2, -0.15) is 0 Å². The molecule has 1 aliphatic rings. The maximum Gasteiger partial charge on any atom is 0.317 e. The topological polar surface area (TPSA) is 35.6 Å². The van der Waals surface area contributed by atoms with Crippen LogP contribution in [0.15, 0.2) is 48.5 Å². The van der Waals surface area contributed by atoms with E-state index >= 15 is 0 Å². The summed E-state index contributed by atoms with van der Waals surface area (Å²) >= 11 is 0. The Balaban J connectivity index is 1.52. The van der Waals surface area contributed by atoms with Crippen LogP contribution in [0.2, 0.25) is 0 Å². The van der Waals surface area contributed by atoms with E-state index in [4.69, 9.17) is 0 Å². The summed E-state index contributed by atoms with van der Waals surface area (Å²) in [5.41, 5.74) is 3.30. The average molecular weight is 384 g/mol. The van der Waals surface area contributed by atoms with Crippen molar-refractivity contribution in [3.63, 3.8) is 0 Å². The quantitative estimate of drug-likeness (QED) is 0.859. The van der Waals surface area contributed by atoms with Gasteiger partial charge in [0.1, 0.15) is 5.82 Å². The van der Waals surface area contributed by atoms with Gasteiger partial charge >= 0.3 is 6.03 Å². The first-order valence-corrected chi connectivity index (χ1v) is 9.97. The maximum absolute atomic E-state index is 13.7. The zero-order valence-corrected chi connectivity index (χ0v) is 17.0. The van der Waals surface area contributed by atoms with Crippen molar-refractivity contribution in [2.45, 2.75) is 32.6 Å². The third-order valence-electron chi connectivity index (χ3n) is 5.25. The van der Waals surface area contributed by atoms with E-state index < -0.39 is 0 Å². The van der Waals surface area contributed by atoms with Gasteiger partial charge in [-0.25, -0.2) is 9.18 Å². The highest BCUT2D eigenvalue weighted by molar-refractivity contribution is 5.74. The Bertz CT molecular complexity index is 807. The molecule has 0 radical (unpaired) electrons. The van der Waals surface area contributed by atoms with Crippen molar-refractivity contribution in [1.29, 1.82) is 0 Å². The van der Waals surface area contributed by atoms with Crippen molar-refractivity contribution in [2.24, 2.45) is 0 Å². The molecule has 0 aromatic heterocycles. The minimum Gasteiger partial charge on any atom is -0.368 e. The van der Waals surface area contributed by atoms with Crippen LogP contribution in [0.3, 0.4) is 0 Å². The monoisotopic (exact) mass is 383 g/mol. The Labute approximate surface area is 167 Å². The number of hydrogen-bond donors (Lipinski definition) is 1. The molecule has 0 atom stereocenters. The van der Waals surface area contributed by atoms with E-state index in [0.29, 0.717) is 31.6 Å². The number of hydrogen-bond acceptors (Lipinski definition) is 2. The first-order chi connectivity index (χ1) is 13.4. The number of piperazine rings is 1. The number of amides is 2. The Kier molecular flexibility index (Phi) is 6.22. The largest absolute Gasteiger partial charge is 0.368 e. The standard InChI is InChI=1S/C23H30FN3O/c1-23(2,3)19-9-5-7-11-21(19)26-14-16-27(17-15-26)22(28)25-13-12-18-8-4-6-10-20(18)24/h4-11H,12-17H2,1-3H3,(H,25,28). The fourth-order valence-electron chi connectivity index (χ4n) is 3.65. The van der Waals surface area contributed by atoms with Gasteiger partial charge in [0, 0.05) is 38.4 Å². The van der Waals surface area contributed by atoms with Crippen LogP contribution in [0.5, 0.6) is 0 Å². The first kappa shape index (κ1) is 20.2. The minimum atomic E-state index is -0.220. The van der Waals surface area contributed by atoms with Crippen molar-refractivity contribution in [3.05, 3.63) is 65.5 Å². The molecule has 2 amide bonds. The summed E-state index contributed by atoms with van der Waals surface area (Å²) in [4.78, 5) is 16.7. The lowest BCUT2D eigenvalue weighted by molar-refractivity contribution is 0.194. The van der Waals surface area contributed by atoms with Gasteiger partial charge in [0.05, 0.1) is 0 Å². The molecule has 5 heteroatoms. The number of carbonyl (C=O) groups is 1. The third-order valence-corrected chi connectivity index (χ3v) is 5.25. The molecule has 1 aliphatic heterocycles. The highest BCUT2D eigenvalue weighted by Crippen LogP contribution is 2.32. The smallest absolute Gasteiger partial charge is 0.317 e. The van der Waals surface area contributed by atoms with E-state index in [9.17, 15) is 9.18 Å². The van der Waals surface area contributed by atoms with Crippen molar-refractivity contribution in [1.82, 2.24) is 10.2 Å². The highest BCUT2D eigenvalue weighted by Gasteiger charge is 2.25. The Hall–Kier alpha value is -2.56. The number of benzene rings is 2. The average Bonchev–Trinajstić information content (AvgIpc) is 2.69. The third kappa shape index (κ3) is 4.83. The van der Waals surface area contributed by atoms with E-state index in [1.54, 1.807) is 12.1 Å². The molecule has 4 nitrogen and oxygen atoms in total. The second kappa shape index (κ2) is 8.63. The fraction of sp³-hybridized carbons (Fsp3) is 0.435. The molecule has 150 valence electrons. The molecule has 0 spiro atoms. The molecule has 1 heterocycles. The number of para-hydroxylation sites is 1. The maximum atomic E-state index is 13.7. The van der Waals surface area contributed by atoms with Crippen LogP contribution >= 0.6 is 0 Å². The van der Waals surface area contributed by atoms with Gasteiger partial charge in [0.25, 0.3) is 0 Å². The number of halogens is 1. The number of carbonyl (C=O) groups excluding carboxylic acids is 1. The Morgan fingerprint density at radius 2 is 1.64 bits per heavy atom. The molecular weight excluding hydrogens is 353 g/mol. The SMILES string of the molecule is CC(C)(C)c1ccccc1N1CCN(C(=O)NCCc2ccccc2F)CC1. The molecular formula is C23H30FN3O. The minimum absolute atomic E-state index is 0.0694. The van der Waals surface area contributed by atoms with Gasteiger partial charge in [-0.15, -0.1) is 0 Å². The predicted molar refractivity (Wildman–Crippen MR) is 112 cm³/mol. The molecule has 3 rings (SSSR count). The lowest BCUT2D eigenvalue weighted by Crippen LogP contribution is -2.52. The number of rotatable bonds is 4. The molecule has 1 saturated heterocycles. The lowest BCUT2D eigenvalue weighted by Gasteiger charge is -2.38. The van der Waals surface area contributed by atoms with Crippen LogP contribution in [-0.2, 0) is 11.8 Å². The highest BCUT2D eigenvalue weighted by atomic mass is 19.1.